The van der Waals surface area contributed by atoms with Gasteiger partial charge >= 0.3 is 6.03 Å². The largest absolute Gasteiger partial charge is 0.548 e. The molecule has 2 atom stereocenters. The van der Waals surface area contributed by atoms with Crippen LogP contribution in [0.15, 0.2) is 60.7 Å². The molecule has 0 aromatic heterocycles. The van der Waals surface area contributed by atoms with Gasteiger partial charge in [-0.15, -0.1) is 0 Å². The average molecular weight is 352 g/mol. The summed E-state index contributed by atoms with van der Waals surface area (Å²) in [5.41, 5.74) is 1.37. The fourth-order valence-corrected chi connectivity index (χ4v) is 3.15. The van der Waals surface area contributed by atoms with Crippen molar-refractivity contribution >= 4 is 18.0 Å². The highest BCUT2D eigenvalue weighted by atomic mass is 16.4. The zero-order valence-corrected chi connectivity index (χ0v) is 13.8. The van der Waals surface area contributed by atoms with Gasteiger partial charge in [-0.1, -0.05) is 60.7 Å². The number of rotatable bonds is 6. The predicted molar refractivity (Wildman–Crippen MR) is 87.0 cm³/mol. The van der Waals surface area contributed by atoms with Crippen molar-refractivity contribution in [2.45, 2.75) is 25.2 Å². The molecule has 1 aliphatic heterocycles. The molecule has 2 aromatic carbocycles. The number of carbonyl (C=O) groups is 3. The van der Waals surface area contributed by atoms with Crippen molar-refractivity contribution in [3.8, 4) is 0 Å². The van der Waals surface area contributed by atoms with E-state index in [1.807, 2.05) is 0 Å². The molecule has 7 heteroatoms. The van der Waals surface area contributed by atoms with Crippen molar-refractivity contribution in [2.75, 3.05) is 0 Å². The van der Waals surface area contributed by atoms with E-state index in [1.165, 1.54) is 0 Å². The molecule has 0 spiro atoms. The van der Waals surface area contributed by atoms with Gasteiger partial charge in [0.1, 0.15) is 0 Å². The highest BCUT2D eigenvalue weighted by molar-refractivity contribution is 5.94. The van der Waals surface area contributed by atoms with Crippen LogP contribution in [-0.4, -0.2) is 39.9 Å². The van der Waals surface area contributed by atoms with Gasteiger partial charge in [0, 0.05) is 13.1 Å². The van der Waals surface area contributed by atoms with Crippen LogP contribution in [0.3, 0.4) is 0 Å². The van der Waals surface area contributed by atoms with Crippen LogP contribution in [0.2, 0.25) is 0 Å². The number of carboxylic acid groups (broad SMARTS) is 2. The summed E-state index contributed by atoms with van der Waals surface area (Å²) >= 11 is 0. The van der Waals surface area contributed by atoms with Crippen LogP contribution in [0.1, 0.15) is 11.1 Å². The van der Waals surface area contributed by atoms with Crippen molar-refractivity contribution in [3.63, 3.8) is 0 Å². The first-order valence-corrected chi connectivity index (χ1v) is 8.06. The molecule has 7 nitrogen and oxygen atoms in total. The van der Waals surface area contributed by atoms with Crippen molar-refractivity contribution in [1.82, 2.24) is 9.80 Å². The molecule has 1 saturated heterocycles. The first-order valence-electron chi connectivity index (χ1n) is 8.06. The maximum absolute atomic E-state index is 12.8. The van der Waals surface area contributed by atoms with E-state index in [0.29, 0.717) is 11.1 Å². The molecule has 0 aliphatic carbocycles. The molecule has 1 fully saturated rings. The molecule has 0 unspecified atom stereocenters. The summed E-state index contributed by atoms with van der Waals surface area (Å²) in [7, 11) is 0. The summed E-state index contributed by atoms with van der Waals surface area (Å²) in [5.74, 6) is -3.25. The molecule has 0 radical (unpaired) electrons. The third-order valence-electron chi connectivity index (χ3n) is 4.34. The van der Waals surface area contributed by atoms with Crippen LogP contribution in [0, 0.1) is 0 Å². The molecule has 1 heterocycles. The Hall–Kier alpha value is -3.35. The van der Waals surface area contributed by atoms with E-state index in [1.54, 1.807) is 60.7 Å². The molecule has 0 N–H and O–H groups in total. The van der Waals surface area contributed by atoms with E-state index in [9.17, 15) is 24.6 Å². The van der Waals surface area contributed by atoms with Crippen LogP contribution in [-0.2, 0) is 22.7 Å². The summed E-state index contributed by atoms with van der Waals surface area (Å²) in [4.78, 5) is 38.1. The third-order valence-corrected chi connectivity index (χ3v) is 4.34. The van der Waals surface area contributed by atoms with Gasteiger partial charge in [0.2, 0.25) is 0 Å². The second-order valence-electron chi connectivity index (χ2n) is 6.04. The Morgan fingerprint density at radius 2 is 1.08 bits per heavy atom. The van der Waals surface area contributed by atoms with Gasteiger partial charge in [-0.2, -0.15) is 0 Å². The van der Waals surface area contributed by atoms with Crippen molar-refractivity contribution < 1.29 is 24.6 Å². The Kier molecular flexibility index (Phi) is 4.88. The monoisotopic (exact) mass is 352 g/mol. The molecular formula is C19H16N2O5-2. The van der Waals surface area contributed by atoms with Crippen LogP contribution in [0.4, 0.5) is 4.79 Å². The van der Waals surface area contributed by atoms with Crippen LogP contribution < -0.4 is 10.2 Å². The molecule has 1 aliphatic rings. The summed E-state index contributed by atoms with van der Waals surface area (Å²) < 4.78 is 0. The Bertz CT molecular complexity index is 742. The Labute approximate surface area is 150 Å². The highest BCUT2D eigenvalue weighted by Crippen LogP contribution is 2.27. The van der Waals surface area contributed by atoms with E-state index in [-0.39, 0.29) is 13.1 Å². The SMILES string of the molecule is O=C([O-])[C@H]1[C@H](C(=O)[O-])N(Cc2ccccc2)C(=O)N1Cc1ccccc1. The number of nitrogens with zero attached hydrogens (tertiary/aromatic N) is 2. The quantitative estimate of drug-likeness (QED) is 0.688. The zero-order valence-electron chi connectivity index (χ0n) is 13.8. The minimum Gasteiger partial charge on any atom is -0.548 e. The number of aliphatic carboxylic acids is 2. The number of urea groups is 1. The topological polar surface area (TPSA) is 104 Å². The van der Waals surface area contributed by atoms with Crippen molar-refractivity contribution in [1.29, 1.82) is 0 Å². The number of benzene rings is 2. The van der Waals surface area contributed by atoms with Gasteiger partial charge in [-0.3, -0.25) is 0 Å². The van der Waals surface area contributed by atoms with Crippen LogP contribution in [0.5, 0.6) is 0 Å². The Morgan fingerprint density at radius 1 is 0.731 bits per heavy atom. The lowest BCUT2D eigenvalue weighted by atomic mass is 10.1. The number of hydrogen-bond acceptors (Lipinski definition) is 5. The molecule has 2 amide bonds. The summed E-state index contributed by atoms with van der Waals surface area (Å²) in [5, 5.41) is 23.3. The lowest BCUT2D eigenvalue weighted by molar-refractivity contribution is -0.322. The zero-order chi connectivity index (χ0) is 18.7. The number of hydrogen-bond donors (Lipinski definition) is 0. The van der Waals surface area contributed by atoms with Crippen molar-refractivity contribution in [3.05, 3.63) is 71.8 Å². The number of carboxylic acids is 2. The molecular weight excluding hydrogens is 336 g/mol. The fraction of sp³-hybridized carbons (Fsp3) is 0.211. The standard InChI is InChI=1S/C19H18N2O5/c22-17(23)15-16(18(24)25)21(12-14-9-5-2-6-10-14)19(26)20(15)11-13-7-3-1-4-8-13/h1-10,15-16H,11-12H2,(H,22,23)(H,24,25)/p-2/t15-,16-/m1/s1. The molecule has 2 aromatic rings. The van der Waals surface area contributed by atoms with E-state index < -0.39 is 30.1 Å². The minimum atomic E-state index is -1.63. The molecule has 3 rings (SSSR count). The van der Waals surface area contributed by atoms with E-state index in [0.717, 1.165) is 9.80 Å². The Morgan fingerprint density at radius 3 is 1.38 bits per heavy atom. The van der Waals surface area contributed by atoms with Gasteiger partial charge in [0.15, 0.2) is 0 Å². The normalized spacial score (nSPS) is 19.6. The lowest BCUT2D eigenvalue weighted by Crippen LogP contribution is -2.56. The van der Waals surface area contributed by atoms with Gasteiger partial charge in [-0.25, -0.2) is 4.79 Å². The van der Waals surface area contributed by atoms with Gasteiger partial charge in [0.25, 0.3) is 0 Å². The average Bonchev–Trinajstić information content (AvgIpc) is 2.90. The maximum atomic E-state index is 12.8. The fourth-order valence-electron chi connectivity index (χ4n) is 3.15. The minimum absolute atomic E-state index is 0.0343. The highest BCUT2D eigenvalue weighted by Gasteiger charge is 2.47. The predicted octanol–water partition coefficient (Wildman–Crippen LogP) is -0.639. The summed E-state index contributed by atoms with van der Waals surface area (Å²) in [6.07, 6.45) is 0. The Balaban J connectivity index is 1.94. The number of amides is 2. The molecule has 134 valence electrons. The molecule has 26 heavy (non-hydrogen) atoms. The van der Waals surface area contributed by atoms with E-state index in [4.69, 9.17) is 0 Å². The van der Waals surface area contributed by atoms with Crippen LogP contribution >= 0.6 is 0 Å². The molecule has 0 bridgehead atoms. The van der Waals surface area contributed by atoms with Gasteiger partial charge in [0.05, 0.1) is 24.0 Å². The van der Waals surface area contributed by atoms with E-state index >= 15 is 0 Å². The summed E-state index contributed by atoms with van der Waals surface area (Å²) in [6.45, 7) is -0.0687. The lowest BCUT2D eigenvalue weighted by Gasteiger charge is -2.29. The van der Waals surface area contributed by atoms with Gasteiger partial charge < -0.3 is 29.6 Å². The second kappa shape index (κ2) is 7.26. The maximum Gasteiger partial charge on any atom is 0.321 e. The van der Waals surface area contributed by atoms with Gasteiger partial charge in [-0.05, 0) is 11.1 Å². The summed E-state index contributed by atoms with van der Waals surface area (Å²) in [6, 6.07) is 13.6. The number of carbonyl (C=O) groups excluding carboxylic acids is 3. The smallest absolute Gasteiger partial charge is 0.321 e. The first-order chi connectivity index (χ1) is 12.5. The van der Waals surface area contributed by atoms with Crippen LogP contribution in [0.25, 0.3) is 0 Å². The second-order valence-corrected chi connectivity index (χ2v) is 6.04. The van der Waals surface area contributed by atoms with Crippen molar-refractivity contribution in [2.24, 2.45) is 0 Å². The first kappa shape index (κ1) is 17.5. The third kappa shape index (κ3) is 3.37. The van der Waals surface area contributed by atoms with E-state index in [2.05, 4.69) is 0 Å². The molecule has 0 saturated carbocycles.